The number of hydrogen-bond acceptors (Lipinski definition) is 0. The normalized spacial score (nSPS) is 19.3. The van der Waals surface area contributed by atoms with Crippen molar-refractivity contribution >= 4 is 28.0 Å². The molecule has 0 radical (unpaired) electrons. The van der Waals surface area contributed by atoms with Gasteiger partial charge in [0.1, 0.15) is 0 Å². The van der Waals surface area contributed by atoms with Crippen LogP contribution in [0.2, 0.25) is 16.7 Å². The number of alkyl halides is 6. The molecule has 0 saturated heterocycles. The maximum atomic E-state index is 13.7. The van der Waals surface area contributed by atoms with Gasteiger partial charge < -0.3 is 0 Å². The third-order valence-electron chi connectivity index (χ3n) is 8.48. The van der Waals surface area contributed by atoms with Gasteiger partial charge in [-0.05, 0) is 0 Å². The molecule has 0 nitrogen and oxygen atoms in total. The van der Waals surface area contributed by atoms with Crippen LogP contribution in [0.15, 0.2) is 70.8 Å². The summed E-state index contributed by atoms with van der Waals surface area (Å²) in [7, 11) is 15.8. The van der Waals surface area contributed by atoms with Crippen LogP contribution in [0.1, 0.15) is 59.1 Å². The van der Waals surface area contributed by atoms with Crippen LogP contribution in [-0.4, -0.2) is 5.43 Å². The molecule has 2 aliphatic rings. The van der Waals surface area contributed by atoms with Crippen LogP contribution in [-0.2, 0) is 27.4 Å². The van der Waals surface area contributed by atoms with Crippen molar-refractivity contribution < 1.29 is 41.4 Å². The van der Waals surface area contributed by atoms with E-state index in [1.54, 1.807) is 18.2 Å². The monoisotopic (exact) mass is 666 g/mol. The fourth-order valence-electron chi connectivity index (χ4n) is 6.08. The molecule has 0 bridgehead atoms. The molecule has 0 amide bonds. The Morgan fingerprint density at radius 1 is 0.763 bits per heavy atom. The average Bonchev–Trinajstić information content (AvgIpc) is 3.30. The van der Waals surface area contributed by atoms with E-state index in [-0.39, 0.29) is 15.3 Å². The summed E-state index contributed by atoms with van der Waals surface area (Å²) in [6, 6.07) is 8.86. The molecule has 0 N–H and O–H groups in total. The molecule has 0 aliphatic heterocycles. The molecule has 204 valence electrons. The topological polar surface area (TPSA) is 0 Å². The van der Waals surface area contributed by atoms with Crippen molar-refractivity contribution in [2.24, 2.45) is 0 Å². The van der Waals surface area contributed by atoms with Crippen molar-refractivity contribution in [2.45, 2.75) is 60.4 Å². The standard InChI is InChI=1S/C17H9F6.C9H13.C2H6Si.2ClH.Zr/c18-16(19,20)12-7-11(8-13(9-12)17(21,22)23)15-6-5-10-3-1-2-4-14(10)15;1-6-5-7(2)9(4)8(6)3;1-3-2;;;/h1-9H;5H,1-4H3;1-2H3;2*1H;/q;;;;;+2/p-2. The van der Waals surface area contributed by atoms with Crippen molar-refractivity contribution in [1.29, 1.82) is 0 Å². The summed E-state index contributed by atoms with van der Waals surface area (Å²) in [6.45, 7) is 12.3. The predicted molar refractivity (Wildman–Crippen MR) is 142 cm³/mol. The molecular weight excluding hydrogens is 641 g/mol. The molecule has 0 aromatic heterocycles. The van der Waals surface area contributed by atoms with Gasteiger partial charge in [-0.1, -0.05) is 0 Å². The van der Waals surface area contributed by atoms with Gasteiger partial charge in [0.05, 0.1) is 0 Å². The van der Waals surface area contributed by atoms with Gasteiger partial charge in [0.2, 0.25) is 0 Å². The Morgan fingerprint density at radius 3 is 1.68 bits per heavy atom. The Morgan fingerprint density at radius 2 is 1.24 bits per heavy atom. The maximum absolute atomic E-state index is 13.7. The van der Waals surface area contributed by atoms with Crippen molar-refractivity contribution in [3.8, 4) is 0 Å². The molecule has 2 aliphatic carbocycles. The summed E-state index contributed by atoms with van der Waals surface area (Å²) in [5, 5.41) is 0. The third kappa shape index (κ3) is 4.55. The zero-order valence-corrected chi connectivity index (χ0v) is 26.8. The fraction of sp³-hybridized carbons (Fsp3) is 0.357. The molecule has 2 aromatic carbocycles. The zero-order chi connectivity index (χ0) is 28.6. The Kier molecular flexibility index (Phi) is 7.47. The van der Waals surface area contributed by atoms with Crippen molar-refractivity contribution in [2.75, 3.05) is 0 Å². The van der Waals surface area contributed by atoms with Gasteiger partial charge in [-0.15, -0.1) is 0 Å². The number of benzene rings is 2. The summed E-state index contributed by atoms with van der Waals surface area (Å²) in [4.78, 5) is 0. The van der Waals surface area contributed by atoms with Gasteiger partial charge in [0.25, 0.3) is 0 Å². The Hall–Kier alpha value is -1.08. The van der Waals surface area contributed by atoms with E-state index in [0.717, 1.165) is 40.0 Å². The van der Waals surface area contributed by atoms with Gasteiger partial charge in [-0.2, -0.15) is 0 Å². The van der Waals surface area contributed by atoms with Crippen LogP contribution in [0, 0.1) is 0 Å². The quantitative estimate of drug-likeness (QED) is 0.226. The van der Waals surface area contributed by atoms with E-state index in [0.29, 0.717) is 11.1 Å². The van der Waals surface area contributed by atoms with Crippen LogP contribution >= 0.6 is 17.0 Å². The summed E-state index contributed by atoms with van der Waals surface area (Å²) in [6.07, 6.45) is -8.11. The van der Waals surface area contributed by atoms with Gasteiger partial charge in [-0.3, -0.25) is 0 Å². The number of halogens is 8. The second kappa shape index (κ2) is 9.49. The van der Waals surface area contributed by atoms with Crippen molar-refractivity contribution in [3.63, 3.8) is 0 Å². The SMILES string of the molecule is CC1=C(C)[CH]([Zr]([Cl])([Cl])([CH]2C=C(c3cc(C(F)(F)F)cc(C(F)(F)F)c3)c3ccccc32)=[Si](C)C)C(C)=C1C. The van der Waals surface area contributed by atoms with E-state index in [9.17, 15) is 26.3 Å². The summed E-state index contributed by atoms with van der Waals surface area (Å²) >= 11 is -5.01. The molecule has 0 fully saturated rings. The average molecular weight is 669 g/mol. The second-order valence-corrected chi connectivity index (χ2v) is 49.5. The summed E-state index contributed by atoms with van der Waals surface area (Å²) in [5.74, 6) is 0. The molecule has 2 aromatic rings. The van der Waals surface area contributed by atoms with Gasteiger partial charge in [0, 0.05) is 0 Å². The molecule has 4 rings (SSSR count). The molecule has 1 atom stereocenters. The van der Waals surface area contributed by atoms with Gasteiger partial charge >= 0.3 is 228 Å². The molecule has 0 saturated carbocycles. The summed E-state index contributed by atoms with van der Waals surface area (Å²) in [5.41, 5.74) is 1.93. The van der Waals surface area contributed by atoms with Crippen LogP contribution in [0.3, 0.4) is 0 Å². The zero-order valence-electron chi connectivity index (χ0n) is 21.8. The van der Waals surface area contributed by atoms with Crippen molar-refractivity contribution in [3.05, 3.63) is 98.7 Å². The number of allylic oxidation sites excluding steroid dienone is 5. The minimum atomic E-state index is -5.01. The second-order valence-electron chi connectivity index (χ2n) is 10.6. The van der Waals surface area contributed by atoms with E-state index < -0.39 is 47.6 Å². The number of rotatable bonds is 3. The molecule has 0 spiro atoms. The van der Waals surface area contributed by atoms with E-state index in [1.165, 1.54) is 0 Å². The summed E-state index contributed by atoms with van der Waals surface area (Å²) < 4.78 is 81.5. The Balaban J connectivity index is 2.06. The molecule has 10 heteroatoms. The van der Waals surface area contributed by atoms with E-state index in [1.807, 2.05) is 39.8 Å². The third-order valence-corrected chi connectivity index (χ3v) is 55.5. The van der Waals surface area contributed by atoms with Crippen LogP contribution in [0.4, 0.5) is 26.3 Å². The van der Waals surface area contributed by atoms with E-state index in [4.69, 9.17) is 17.0 Å². The van der Waals surface area contributed by atoms with E-state index >= 15 is 0 Å². The molecular formula is C28H28Cl2F6SiZr. The predicted octanol–water partition coefficient (Wildman–Crippen LogP) is 10.9. The number of hydrogen-bond donors (Lipinski definition) is 0. The number of fused-ring (bicyclic) bond motifs is 1. The van der Waals surface area contributed by atoms with Crippen LogP contribution in [0.25, 0.3) is 5.57 Å². The first-order chi connectivity index (χ1) is 17.3. The van der Waals surface area contributed by atoms with Crippen LogP contribution < -0.4 is 0 Å². The minimum absolute atomic E-state index is 0.146. The Bertz CT molecular complexity index is 1460. The first-order valence-corrected chi connectivity index (χ1v) is 27.5. The molecule has 38 heavy (non-hydrogen) atoms. The van der Waals surface area contributed by atoms with Crippen LogP contribution in [0.5, 0.6) is 0 Å². The molecule has 0 heterocycles. The van der Waals surface area contributed by atoms with Crippen molar-refractivity contribution in [1.82, 2.24) is 0 Å². The first kappa shape index (κ1) is 29.9. The van der Waals surface area contributed by atoms with E-state index in [2.05, 4.69) is 13.1 Å². The fourth-order valence-corrected chi connectivity index (χ4v) is 35.1. The Labute approximate surface area is 227 Å². The van der Waals surface area contributed by atoms with Gasteiger partial charge in [-0.25, -0.2) is 0 Å². The molecule has 1 unspecified atom stereocenters. The van der Waals surface area contributed by atoms with Gasteiger partial charge in [0.15, 0.2) is 0 Å². The first-order valence-electron chi connectivity index (χ1n) is 12.1.